The van der Waals surface area contributed by atoms with E-state index < -0.39 is 5.89 Å². The molecule has 7 aromatic carbocycles. The van der Waals surface area contributed by atoms with Gasteiger partial charge in [-0.1, -0.05) is 137 Å². The molecule has 11 rings (SSSR count). The van der Waals surface area contributed by atoms with E-state index in [1.165, 1.54) is 40.2 Å². The number of halogens is 1. The Hall–Kier alpha value is -6.46. The third-order valence-corrected chi connectivity index (χ3v) is 13.5. The van der Waals surface area contributed by atoms with Crippen LogP contribution >= 0.6 is 0 Å². The summed E-state index contributed by atoms with van der Waals surface area (Å²) in [7, 11) is 0. The monoisotopic (exact) mass is 1070 g/mol. The number of hydrogen-bond donors (Lipinski definition) is 0. The Balaban J connectivity index is 0.000000366. The topological polar surface area (TPSA) is 43.9 Å². The van der Waals surface area contributed by atoms with Gasteiger partial charge in [0.2, 0.25) is 0 Å². The summed E-state index contributed by atoms with van der Waals surface area (Å²) in [6.45, 7) is 13.8. The van der Waals surface area contributed by atoms with Crippen LogP contribution in [0.2, 0.25) is 0 Å². The molecule has 0 atom stereocenters. The van der Waals surface area contributed by atoms with Gasteiger partial charge < -0.3 is 14.0 Å². The maximum atomic E-state index is 12.5. The van der Waals surface area contributed by atoms with Crippen LogP contribution in [0, 0.1) is 23.4 Å². The van der Waals surface area contributed by atoms with Crippen molar-refractivity contribution in [2.75, 3.05) is 0 Å². The molecular weight excluding hydrogens is 1010 g/mol. The second-order valence-electron chi connectivity index (χ2n) is 19.3. The van der Waals surface area contributed by atoms with E-state index in [0.717, 1.165) is 98.0 Å². The molecule has 0 aliphatic heterocycles. The second kappa shape index (κ2) is 19.6. The zero-order chi connectivity index (χ0) is 47.2. The minimum Gasteiger partial charge on any atom is -0.501 e. The molecule has 1 aliphatic rings. The first-order valence-corrected chi connectivity index (χ1v) is 23.6. The molecule has 0 bridgehead atoms. The molecule has 3 heterocycles. The van der Waals surface area contributed by atoms with Crippen molar-refractivity contribution in [2.45, 2.75) is 85.0 Å². The number of para-hydroxylation sites is 2. The van der Waals surface area contributed by atoms with E-state index in [1.54, 1.807) is 12.1 Å². The van der Waals surface area contributed by atoms with Gasteiger partial charge in [0.15, 0.2) is 0 Å². The summed E-state index contributed by atoms with van der Waals surface area (Å²) in [4.78, 5) is 9.29. The molecule has 0 saturated heterocycles. The number of nitrogens with zero attached hydrogens (tertiary/aromatic N) is 3. The van der Waals surface area contributed by atoms with Crippen LogP contribution in [0.1, 0.15) is 103 Å². The molecule has 343 valence electrons. The van der Waals surface area contributed by atoms with Crippen molar-refractivity contribution in [2.24, 2.45) is 5.41 Å². The number of aromatic nitrogens is 3. The summed E-state index contributed by atoms with van der Waals surface area (Å²) in [6, 6.07) is 60.3. The molecular formula is C62H56FIrN3O-2. The second-order valence-corrected chi connectivity index (χ2v) is 19.3. The van der Waals surface area contributed by atoms with Crippen molar-refractivity contribution < 1.29 is 30.3 Å². The van der Waals surface area contributed by atoms with Gasteiger partial charge in [-0.05, 0) is 130 Å². The van der Waals surface area contributed by atoms with E-state index in [2.05, 4.69) is 172 Å². The van der Waals surface area contributed by atoms with Gasteiger partial charge >= 0.3 is 0 Å². The average Bonchev–Trinajstić information content (AvgIpc) is 3.94. The zero-order valence-electron chi connectivity index (χ0n) is 40.5. The van der Waals surface area contributed by atoms with Crippen LogP contribution in [0.4, 0.5) is 4.39 Å². The van der Waals surface area contributed by atoms with Crippen molar-refractivity contribution in [1.82, 2.24) is 14.5 Å². The molecule has 10 aromatic rings. The van der Waals surface area contributed by atoms with Gasteiger partial charge in [-0.3, -0.25) is 4.98 Å². The quantitative estimate of drug-likeness (QED) is 0.142. The molecule has 0 N–H and O–H groups in total. The average molecular weight is 1070 g/mol. The van der Waals surface area contributed by atoms with Crippen LogP contribution in [-0.4, -0.2) is 14.5 Å². The van der Waals surface area contributed by atoms with Gasteiger partial charge in [-0.15, -0.1) is 54.1 Å². The summed E-state index contributed by atoms with van der Waals surface area (Å²) in [5, 5.41) is 2.14. The summed E-state index contributed by atoms with van der Waals surface area (Å²) < 4.78 is 31.1. The van der Waals surface area contributed by atoms with Gasteiger partial charge in [-0.2, -0.15) is 0 Å². The third-order valence-electron chi connectivity index (χ3n) is 13.5. The van der Waals surface area contributed by atoms with Gasteiger partial charge in [0.05, 0.1) is 28.6 Å². The number of benzene rings is 7. The maximum Gasteiger partial charge on any atom is 0.139 e. The van der Waals surface area contributed by atoms with Crippen molar-refractivity contribution in [3.8, 4) is 50.6 Å². The first-order chi connectivity index (χ1) is 32.9. The number of rotatable bonds is 8. The smallest absolute Gasteiger partial charge is 0.139 e. The van der Waals surface area contributed by atoms with Crippen molar-refractivity contribution in [1.29, 1.82) is 0 Å². The van der Waals surface area contributed by atoms with Gasteiger partial charge in [0.25, 0.3) is 0 Å². The first kappa shape index (κ1) is 45.3. The van der Waals surface area contributed by atoms with Crippen LogP contribution < -0.4 is 0 Å². The minimum atomic E-state index is -0.507. The van der Waals surface area contributed by atoms with Crippen LogP contribution in [0.25, 0.3) is 83.6 Å². The van der Waals surface area contributed by atoms with Crippen LogP contribution in [0.15, 0.2) is 168 Å². The fourth-order valence-corrected chi connectivity index (χ4v) is 9.63. The van der Waals surface area contributed by atoms with Gasteiger partial charge in [0.1, 0.15) is 11.4 Å². The van der Waals surface area contributed by atoms with Crippen LogP contribution in [-0.2, 0) is 20.1 Å². The SMILES string of the molecule is Fc1ccc(-c2[c-]cccc2)nc1.[2H]C1(c2ccc(-c3cc(C(C)C)c(-n4c(-c5[c-]ccc6c5oc5cc(-c7ccccc7)ccc56)nc5ccccc54)c(C(C)C)c3)cc2)CCC(C)(C)CC1.[Ir]. The minimum absolute atomic E-state index is 0. The number of pyridine rings is 1. The summed E-state index contributed by atoms with van der Waals surface area (Å²) in [5.41, 5.74) is 16.0. The van der Waals surface area contributed by atoms with Crippen LogP contribution in [0.5, 0.6) is 0 Å². The molecule has 0 spiro atoms. The standard InChI is InChI=1S/C51H49N2O.C11H7FN.Ir/c1-32(2)43-29-39(36-21-19-35(20-22-36)37-25-27-51(5,6)28-26-37)30-44(33(3)4)48(43)53-46-18-11-10-17-45(46)52-50(53)42-16-12-15-41-40-24-23-38(31-47(40)54-49(41)42)34-13-8-7-9-14-34;12-10-6-7-11(13-8-10)9-4-2-1-3-5-9;/h7-15,17-24,29-33,37H,25-28H2,1-6H3;1-4,6-8H;/q2*-1;/i37D;;. The molecule has 0 unspecified atom stereocenters. The summed E-state index contributed by atoms with van der Waals surface area (Å²) >= 11 is 0. The van der Waals surface area contributed by atoms with Crippen molar-refractivity contribution in [3.63, 3.8) is 0 Å². The first-order valence-electron chi connectivity index (χ1n) is 24.1. The Bertz CT molecular complexity index is 3350. The molecule has 1 fully saturated rings. The fourth-order valence-electron chi connectivity index (χ4n) is 9.63. The number of fused-ring (bicyclic) bond motifs is 4. The normalized spacial score (nSPS) is 14.5. The predicted molar refractivity (Wildman–Crippen MR) is 275 cm³/mol. The Kier molecular flexibility index (Phi) is 13.1. The van der Waals surface area contributed by atoms with E-state index in [4.69, 9.17) is 9.40 Å². The molecule has 1 aliphatic carbocycles. The molecule has 0 amide bonds. The third kappa shape index (κ3) is 9.37. The Labute approximate surface area is 415 Å². The maximum absolute atomic E-state index is 12.5. The molecule has 1 saturated carbocycles. The number of hydrogen-bond acceptors (Lipinski definition) is 3. The molecule has 68 heavy (non-hydrogen) atoms. The summed E-state index contributed by atoms with van der Waals surface area (Å²) in [6.07, 6.45) is 5.22. The Morgan fingerprint density at radius 2 is 1.37 bits per heavy atom. The molecule has 6 heteroatoms. The Morgan fingerprint density at radius 3 is 2.04 bits per heavy atom. The van der Waals surface area contributed by atoms with Gasteiger partial charge in [-0.25, -0.2) is 4.39 Å². The summed E-state index contributed by atoms with van der Waals surface area (Å²) in [5.74, 6) is 0.480. The van der Waals surface area contributed by atoms with E-state index in [0.29, 0.717) is 5.41 Å². The predicted octanol–water partition coefficient (Wildman–Crippen LogP) is 17.3. The fraction of sp³-hybridized carbons (Fsp3) is 0.226. The number of furan rings is 1. The Morgan fingerprint density at radius 1 is 0.691 bits per heavy atom. The molecule has 4 nitrogen and oxygen atoms in total. The largest absolute Gasteiger partial charge is 0.501 e. The van der Waals surface area contributed by atoms with E-state index >= 15 is 0 Å². The molecule has 1 radical (unpaired) electrons. The van der Waals surface area contributed by atoms with Gasteiger partial charge in [0, 0.05) is 32.5 Å². The van der Waals surface area contributed by atoms with E-state index in [1.807, 2.05) is 30.3 Å². The van der Waals surface area contributed by atoms with Crippen molar-refractivity contribution in [3.05, 3.63) is 199 Å². The zero-order valence-corrected chi connectivity index (χ0v) is 41.9. The molecule has 3 aromatic heterocycles. The number of imidazole rings is 1. The van der Waals surface area contributed by atoms with Crippen molar-refractivity contribution >= 4 is 33.0 Å². The van der Waals surface area contributed by atoms with E-state index in [9.17, 15) is 5.76 Å². The van der Waals surface area contributed by atoms with E-state index in [-0.39, 0.29) is 37.8 Å². The van der Waals surface area contributed by atoms with Crippen LogP contribution in [0.3, 0.4) is 0 Å².